The summed E-state index contributed by atoms with van der Waals surface area (Å²) in [6.45, 7) is 3.14. The number of aromatic nitrogens is 2. The van der Waals surface area contributed by atoms with Crippen molar-refractivity contribution in [1.29, 1.82) is 0 Å². The summed E-state index contributed by atoms with van der Waals surface area (Å²) in [6.07, 6.45) is 1.48. The Balaban J connectivity index is 2.35. The Hall–Kier alpha value is -0.240. The number of aromatic amines is 1. The van der Waals surface area contributed by atoms with Crippen LogP contribution in [0.25, 0.3) is 0 Å². The highest BCUT2D eigenvalue weighted by molar-refractivity contribution is 14.1. The maximum absolute atomic E-state index is 11.5. The Bertz CT molecular complexity index is 409. The summed E-state index contributed by atoms with van der Waals surface area (Å²) in [6, 6.07) is 0.451. The zero-order valence-electron chi connectivity index (χ0n) is 8.36. The molecule has 15 heavy (non-hydrogen) atoms. The Morgan fingerprint density at radius 2 is 2.53 bits per heavy atom. The fourth-order valence-electron chi connectivity index (χ4n) is 1.62. The molecule has 0 amide bonds. The van der Waals surface area contributed by atoms with Gasteiger partial charge in [-0.05, 0) is 29.5 Å². The van der Waals surface area contributed by atoms with Crippen molar-refractivity contribution in [2.75, 3.05) is 23.0 Å². The van der Waals surface area contributed by atoms with Gasteiger partial charge < -0.3 is 9.88 Å². The molecule has 1 aromatic heterocycles. The second kappa shape index (κ2) is 4.73. The van der Waals surface area contributed by atoms with Gasteiger partial charge in [0, 0.05) is 24.1 Å². The van der Waals surface area contributed by atoms with Crippen molar-refractivity contribution >= 4 is 40.2 Å². The zero-order chi connectivity index (χ0) is 10.8. The molecule has 1 aliphatic rings. The summed E-state index contributed by atoms with van der Waals surface area (Å²) < 4.78 is 0.689. The number of nitrogens with zero attached hydrogens (tertiary/aromatic N) is 2. The van der Waals surface area contributed by atoms with E-state index in [0.29, 0.717) is 9.61 Å². The van der Waals surface area contributed by atoms with Crippen molar-refractivity contribution in [1.82, 2.24) is 9.97 Å². The molecule has 1 atom stereocenters. The molecule has 2 rings (SSSR count). The summed E-state index contributed by atoms with van der Waals surface area (Å²) in [4.78, 5) is 20.5. The molecular weight excluding hydrogens is 325 g/mol. The fourth-order valence-corrected chi connectivity index (χ4v) is 3.23. The van der Waals surface area contributed by atoms with Crippen LogP contribution in [0.1, 0.15) is 6.92 Å². The molecule has 0 saturated carbocycles. The van der Waals surface area contributed by atoms with Crippen LogP contribution in [0.5, 0.6) is 0 Å². The molecule has 6 heteroatoms. The number of anilines is 1. The van der Waals surface area contributed by atoms with Crippen molar-refractivity contribution in [3.05, 3.63) is 20.3 Å². The van der Waals surface area contributed by atoms with Crippen molar-refractivity contribution in [3.63, 3.8) is 0 Å². The highest BCUT2D eigenvalue weighted by atomic mass is 127. The van der Waals surface area contributed by atoms with E-state index in [2.05, 4.69) is 44.4 Å². The lowest BCUT2D eigenvalue weighted by atomic mass is 10.3. The van der Waals surface area contributed by atoms with Gasteiger partial charge in [0.25, 0.3) is 5.56 Å². The van der Waals surface area contributed by atoms with Crippen molar-refractivity contribution in [2.45, 2.75) is 13.0 Å². The van der Waals surface area contributed by atoms with E-state index >= 15 is 0 Å². The van der Waals surface area contributed by atoms with Gasteiger partial charge in [-0.15, -0.1) is 0 Å². The highest BCUT2D eigenvalue weighted by Crippen LogP contribution is 2.23. The quantitative estimate of drug-likeness (QED) is 0.786. The molecule has 0 radical (unpaired) electrons. The first-order chi connectivity index (χ1) is 7.20. The maximum Gasteiger partial charge on any atom is 0.266 e. The third-order valence-electron chi connectivity index (χ3n) is 2.42. The van der Waals surface area contributed by atoms with E-state index in [4.69, 9.17) is 0 Å². The van der Waals surface area contributed by atoms with E-state index in [-0.39, 0.29) is 5.56 Å². The molecule has 0 spiro atoms. The van der Waals surface area contributed by atoms with E-state index in [1.165, 1.54) is 6.33 Å². The minimum atomic E-state index is -0.0500. The van der Waals surface area contributed by atoms with Crippen LogP contribution in [0, 0.1) is 3.57 Å². The van der Waals surface area contributed by atoms with E-state index < -0.39 is 0 Å². The largest absolute Gasteiger partial charge is 0.351 e. The zero-order valence-corrected chi connectivity index (χ0v) is 11.3. The second-order valence-corrected chi connectivity index (χ2v) is 5.72. The molecule has 1 unspecified atom stereocenters. The number of rotatable bonds is 1. The Kier molecular flexibility index (Phi) is 3.55. The summed E-state index contributed by atoms with van der Waals surface area (Å²) in [5.74, 6) is 3.03. The Morgan fingerprint density at radius 1 is 1.73 bits per heavy atom. The van der Waals surface area contributed by atoms with Crippen LogP contribution >= 0.6 is 34.4 Å². The third-order valence-corrected chi connectivity index (χ3v) is 4.58. The van der Waals surface area contributed by atoms with Gasteiger partial charge >= 0.3 is 0 Å². The fraction of sp³-hybridized carbons (Fsp3) is 0.556. The first-order valence-electron chi connectivity index (χ1n) is 4.77. The van der Waals surface area contributed by atoms with Crippen molar-refractivity contribution in [3.8, 4) is 0 Å². The van der Waals surface area contributed by atoms with Gasteiger partial charge in [0.15, 0.2) is 0 Å². The molecule has 1 N–H and O–H groups in total. The van der Waals surface area contributed by atoms with Crippen LogP contribution in [-0.4, -0.2) is 34.1 Å². The monoisotopic (exact) mass is 337 g/mol. The predicted molar refractivity (Wildman–Crippen MR) is 71.7 cm³/mol. The first kappa shape index (κ1) is 11.3. The van der Waals surface area contributed by atoms with Gasteiger partial charge in [-0.1, -0.05) is 0 Å². The smallest absolute Gasteiger partial charge is 0.266 e. The molecule has 0 aliphatic carbocycles. The van der Waals surface area contributed by atoms with Gasteiger partial charge in [0.1, 0.15) is 9.39 Å². The van der Waals surface area contributed by atoms with Crippen LogP contribution in [0.15, 0.2) is 11.1 Å². The molecule has 1 saturated heterocycles. The minimum Gasteiger partial charge on any atom is -0.351 e. The first-order valence-corrected chi connectivity index (χ1v) is 7.01. The van der Waals surface area contributed by atoms with Crippen LogP contribution in [0.3, 0.4) is 0 Å². The number of hydrogen-bond donors (Lipinski definition) is 1. The second-order valence-electron chi connectivity index (χ2n) is 3.49. The van der Waals surface area contributed by atoms with Gasteiger partial charge in [0.05, 0.1) is 6.33 Å². The number of hydrogen-bond acceptors (Lipinski definition) is 4. The number of H-pyrrole nitrogens is 1. The summed E-state index contributed by atoms with van der Waals surface area (Å²) in [5, 5.41) is 0. The average Bonchev–Trinajstić information content (AvgIpc) is 2.23. The minimum absolute atomic E-state index is 0.0500. The lowest BCUT2D eigenvalue weighted by molar-refractivity contribution is 0.685. The average molecular weight is 337 g/mol. The van der Waals surface area contributed by atoms with Gasteiger partial charge in [0.2, 0.25) is 0 Å². The molecular formula is C9H12IN3OS. The highest BCUT2D eigenvalue weighted by Gasteiger charge is 2.22. The molecule has 1 aliphatic heterocycles. The third kappa shape index (κ3) is 2.30. The van der Waals surface area contributed by atoms with Crippen LogP contribution in [-0.2, 0) is 0 Å². The van der Waals surface area contributed by atoms with Gasteiger partial charge in [-0.2, -0.15) is 11.8 Å². The molecule has 2 heterocycles. The molecule has 1 fully saturated rings. The number of thioether (sulfide) groups is 1. The van der Waals surface area contributed by atoms with Crippen LogP contribution in [0.4, 0.5) is 5.82 Å². The van der Waals surface area contributed by atoms with Gasteiger partial charge in [-0.25, -0.2) is 4.98 Å². The molecule has 0 bridgehead atoms. The maximum atomic E-state index is 11.5. The van der Waals surface area contributed by atoms with Crippen molar-refractivity contribution < 1.29 is 0 Å². The number of halogens is 1. The molecule has 0 aromatic carbocycles. The molecule has 4 nitrogen and oxygen atoms in total. The van der Waals surface area contributed by atoms with E-state index in [0.717, 1.165) is 23.9 Å². The lowest BCUT2D eigenvalue weighted by Crippen LogP contribution is -2.42. The standard InChI is InChI=1S/C9H12IN3OS/c1-6-4-15-3-2-13(6)8-7(10)9(14)12-5-11-8/h5-6H,2-4H2,1H3,(H,11,12,14). The predicted octanol–water partition coefficient (Wildman–Crippen LogP) is 1.32. The molecule has 1 aromatic rings. The topological polar surface area (TPSA) is 49.0 Å². The number of nitrogens with one attached hydrogen (secondary N) is 1. The summed E-state index contributed by atoms with van der Waals surface area (Å²) in [5.41, 5.74) is -0.0500. The van der Waals surface area contributed by atoms with E-state index in [9.17, 15) is 4.79 Å². The van der Waals surface area contributed by atoms with E-state index in [1.807, 2.05) is 11.8 Å². The normalized spacial score (nSPS) is 21.7. The summed E-state index contributed by atoms with van der Waals surface area (Å²) >= 11 is 4.02. The SMILES string of the molecule is CC1CSCCN1c1nc[nH]c(=O)c1I. The Morgan fingerprint density at radius 3 is 3.27 bits per heavy atom. The lowest BCUT2D eigenvalue weighted by Gasteiger charge is -2.34. The van der Waals surface area contributed by atoms with Crippen LogP contribution in [0.2, 0.25) is 0 Å². The van der Waals surface area contributed by atoms with Crippen LogP contribution < -0.4 is 10.5 Å². The van der Waals surface area contributed by atoms with E-state index in [1.54, 1.807) is 0 Å². The molecule has 82 valence electrons. The van der Waals surface area contributed by atoms with Crippen molar-refractivity contribution in [2.24, 2.45) is 0 Å². The van der Waals surface area contributed by atoms with Gasteiger partial charge in [-0.3, -0.25) is 4.79 Å². The summed E-state index contributed by atoms with van der Waals surface area (Å²) in [7, 11) is 0. The Labute approximate surface area is 106 Å².